The first-order valence-corrected chi connectivity index (χ1v) is 21.7. The molecule has 0 unspecified atom stereocenters. The van der Waals surface area contributed by atoms with E-state index in [-0.39, 0.29) is 6.71 Å². The normalized spacial score (nSPS) is 12.9. The summed E-state index contributed by atoms with van der Waals surface area (Å²) in [6.07, 6.45) is 0. The summed E-state index contributed by atoms with van der Waals surface area (Å²) in [5, 5.41) is 5.45. The molecule has 4 heteroatoms. The highest BCUT2D eigenvalue weighted by Crippen LogP contribution is 2.44. The molecule has 2 heterocycles. The summed E-state index contributed by atoms with van der Waals surface area (Å²) in [6, 6.07) is 71.5. The molecule has 0 saturated carbocycles. The molecule has 0 spiro atoms. The minimum Gasteiger partial charge on any atom is -0.311 e. The minimum atomic E-state index is -2.94. The van der Waals surface area contributed by atoms with E-state index >= 15 is 0 Å². The number of nitrogens with zero attached hydrogens (tertiary/aromatic N) is 2. The lowest BCUT2D eigenvalue weighted by Gasteiger charge is -2.46. The molecular formula is C52H43BN2Si. The molecule has 2 aliphatic heterocycles. The minimum absolute atomic E-state index is 0.0588. The SMILES string of the molecule is Cc1ccc(N2c3ccc(C)cc3B3c4cc(C)ccc4N(c4ccc(C)cc4)c4cc([Si](c5ccccc5)(c5ccccc5)c5ccccc5)cc2c43)cc1. The van der Waals surface area contributed by atoms with Crippen LogP contribution in [0.5, 0.6) is 0 Å². The zero-order chi connectivity index (χ0) is 38.0. The molecule has 8 aromatic carbocycles. The van der Waals surface area contributed by atoms with E-state index in [0.29, 0.717) is 0 Å². The predicted octanol–water partition coefficient (Wildman–Crippen LogP) is 8.38. The van der Waals surface area contributed by atoms with Crippen LogP contribution in [0.3, 0.4) is 0 Å². The van der Waals surface area contributed by atoms with Gasteiger partial charge in [-0.05, 0) is 113 Å². The Bertz CT molecular complexity index is 2510. The number of hydrogen-bond donors (Lipinski definition) is 0. The summed E-state index contributed by atoms with van der Waals surface area (Å²) < 4.78 is 0. The summed E-state index contributed by atoms with van der Waals surface area (Å²) in [5.41, 5.74) is 16.4. The molecule has 0 amide bonds. The van der Waals surface area contributed by atoms with Crippen molar-refractivity contribution in [2.75, 3.05) is 9.80 Å². The second-order valence-corrected chi connectivity index (χ2v) is 19.5. The third-order valence-electron chi connectivity index (χ3n) is 12.0. The summed E-state index contributed by atoms with van der Waals surface area (Å²) in [7, 11) is -2.94. The van der Waals surface area contributed by atoms with Crippen LogP contribution < -0.4 is 46.9 Å². The highest BCUT2D eigenvalue weighted by Gasteiger charge is 2.47. The van der Waals surface area contributed by atoms with Crippen molar-refractivity contribution in [3.63, 3.8) is 0 Å². The molecular weight excluding hydrogens is 691 g/mol. The van der Waals surface area contributed by atoms with Crippen LogP contribution in [-0.4, -0.2) is 14.8 Å². The number of hydrogen-bond acceptors (Lipinski definition) is 2. The Morgan fingerprint density at radius 2 is 0.696 bits per heavy atom. The van der Waals surface area contributed by atoms with Crippen LogP contribution in [0.25, 0.3) is 0 Å². The van der Waals surface area contributed by atoms with E-state index in [2.05, 4.69) is 226 Å². The monoisotopic (exact) mass is 734 g/mol. The van der Waals surface area contributed by atoms with Crippen molar-refractivity contribution in [2.45, 2.75) is 27.7 Å². The smallest absolute Gasteiger partial charge is 0.252 e. The Balaban J connectivity index is 1.40. The van der Waals surface area contributed by atoms with Crippen molar-refractivity contribution in [2.24, 2.45) is 0 Å². The maximum absolute atomic E-state index is 2.94. The largest absolute Gasteiger partial charge is 0.311 e. The Labute approximate surface area is 332 Å². The average Bonchev–Trinajstić information content (AvgIpc) is 3.23. The fourth-order valence-electron chi connectivity index (χ4n) is 9.47. The van der Waals surface area contributed by atoms with Crippen LogP contribution in [-0.2, 0) is 0 Å². The van der Waals surface area contributed by atoms with Gasteiger partial charge < -0.3 is 9.80 Å². The molecule has 0 radical (unpaired) electrons. The lowest BCUT2D eigenvalue weighted by Crippen LogP contribution is -2.75. The van der Waals surface area contributed by atoms with Crippen LogP contribution >= 0.6 is 0 Å². The van der Waals surface area contributed by atoms with Crippen LogP contribution in [0.1, 0.15) is 22.3 Å². The molecule has 10 rings (SSSR count). The van der Waals surface area contributed by atoms with Crippen molar-refractivity contribution in [1.82, 2.24) is 0 Å². The summed E-state index contributed by atoms with van der Waals surface area (Å²) in [4.78, 5) is 5.11. The van der Waals surface area contributed by atoms with Crippen LogP contribution in [0, 0.1) is 27.7 Å². The molecule has 0 fully saturated rings. The molecule has 0 aromatic heterocycles. The molecule has 2 aliphatic rings. The average molecular weight is 735 g/mol. The molecule has 8 aromatic rings. The van der Waals surface area contributed by atoms with E-state index in [0.717, 1.165) is 0 Å². The third-order valence-corrected chi connectivity index (χ3v) is 16.8. The molecule has 0 N–H and O–H groups in total. The summed E-state index contributed by atoms with van der Waals surface area (Å²) >= 11 is 0. The first-order valence-electron chi connectivity index (χ1n) is 19.7. The number of aryl methyl sites for hydroxylation is 4. The fraction of sp³-hybridized carbons (Fsp3) is 0.0769. The van der Waals surface area contributed by atoms with Crippen LogP contribution in [0.15, 0.2) is 188 Å². The van der Waals surface area contributed by atoms with Crippen molar-refractivity contribution < 1.29 is 0 Å². The van der Waals surface area contributed by atoms with Gasteiger partial charge >= 0.3 is 0 Å². The number of benzene rings is 8. The lowest BCUT2D eigenvalue weighted by atomic mass is 9.33. The summed E-state index contributed by atoms with van der Waals surface area (Å²) in [6.45, 7) is 8.87. The Hall–Kier alpha value is -6.36. The van der Waals surface area contributed by atoms with E-state index in [1.165, 1.54) is 93.5 Å². The molecule has 0 bridgehead atoms. The maximum atomic E-state index is 2.59. The van der Waals surface area contributed by atoms with Gasteiger partial charge in [-0.25, -0.2) is 0 Å². The lowest BCUT2D eigenvalue weighted by molar-refractivity contribution is 1.24. The first-order chi connectivity index (χ1) is 27.4. The van der Waals surface area contributed by atoms with Gasteiger partial charge in [-0.1, -0.05) is 162 Å². The van der Waals surface area contributed by atoms with E-state index in [1.54, 1.807) is 0 Å². The van der Waals surface area contributed by atoms with Crippen LogP contribution in [0.4, 0.5) is 34.1 Å². The fourth-order valence-corrected chi connectivity index (χ4v) is 14.3. The van der Waals surface area contributed by atoms with Crippen molar-refractivity contribution >= 4 is 86.0 Å². The number of anilines is 6. The molecule has 0 aliphatic carbocycles. The quantitative estimate of drug-likeness (QED) is 0.125. The van der Waals surface area contributed by atoms with Crippen molar-refractivity contribution in [3.8, 4) is 0 Å². The van der Waals surface area contributed by atoms with E-state index in [4.69, 9.17) is 0 Å². The topological polar surface area (TPSA) is 6.48 Å². The highest BCUT2D eigenvalue weighted by atomic mass is 28.3. The van der Waals surface area contributed by atoms with E-state index in [9.17, 15) is 0 Å². The summed E-state index contributed by atoms with van der Waals surface area (Å²) in [5.74, 6) is 0. The van der Waals surface area contributed by atoms with Gasteiger partial charge in [0.2, 0.25) is 0 Å². The van der Waals surface area contributed by atoms with E-state index < -0.39 is 8.07 Å². The van der Waals surface area contributed by atoms with Gasteiger partial charge in [0.05, 0.1) is 0 Å². The Kier molecular flexibility index (Phi) is 8.20. The van der Waals surface area contributed by atoms with Crippen molar-refractivity contribution in [3.05, 3.63) is 210 Å². The molecule has 56 heavy (non-hydrogen) atoms. The zero-order valence-electron chi connectivity index (χ0n) is 32.4. The highest BCUT2D eigenvalue weighted by molar-refractivity contribution is 7.20. The van der Waals surface area contributed by atoms with Gasteiger partial charge in [-0.2, -0.15) is 0 Å². The van der Waals surface area contributed by atoms with Gasteiger partial charge in [0.1, 0.15) is 0 Å². The zero-order valence-corrected chi connectivity index (χ0v) is 33.4. The molecule has 0 saturated heterocycles. The Morgan fingerprint density at radius 1 is 0.339 bits per heavy atom. The van der Waals surface area contributed by atoms with Gasteiger partial charge in [0, 0.05) is 34.1 Å². The standard InChI is InChI=1S/C52H43BN2Si/c1-36-20-26-40(27-21-36)54-48-30-24-38(3)32-46(48)53-47-33-39(4)25-31-49(47)55(41-28-22-37(2)23-29-41)51-35-45(34-50(54)52(51)53)56(42-14-8-5-9-15-42,43-16-10-6-11-17-43)44-18-12-7-13-19-44/h5-35H,1-4H3. The van der Waals surface area contributed by atoms with Gasteiger partial charge in [0.15, 0.2) is 8.07 Å². The predicted molar refractivity (Wildman–Crippen MR) is 243 cm³/mol. The number of rotatable bonds is 6. The molecule has 0 atom stereocenters. The molecule has 2 nitrogen and oxygen atoms in total. The van der Waals surface area contributed by atoms with Crippen molar-refractivity contribution in [1.29, 1.82) is 0 Å². The third kappa shape index (κ3) is 5.32. The maximum Gasteiger partial charge on any atom is 0.252 e. The van der Waals surface area contributed by atoms with Crippen LogP contribution in [0.2, 0.25) is 0 Å². The molecule has 268 valence electrons. The van der Waals surface area contributed by atoms with E-state index in [1.807, 2.05) is 0 Å². The van der Waals surface area contributed by atoms with Gasteiger partial charge in [0.25, 0.3) is 6.71 Å². The number of fused-ring (bicyclic) bond motifs is 4. The van der Waals surface area contributed by atoms with Gasteiger partial charge in [-0.3, -0.25) is 0 Å². The van der Waals surface area contributed by atoms with Gasteiger partial charge in [-0.15, -0.1) is 0 Å². The Morgan fingerprint density at radius 3 is 1.07 bits per heavy atom. The first kappa shape index (κ1) is 34.2. The second-order valence-electron chi connectivity index (χ2n) is 15.7. The second kappa shape index (κ2) is 13.4.